The Bertz CT molecular complexity index is 1350. The number of Topliss-reactive ketones (excluding diaryl/α,β-unsaturated/α-hetero) is 1. The first kappa shape index (κ1) is 26.2. The zero-order valence-corrected chi connectivity index (χ0v) is 21.7. The van der Waals surface area contributed by atoms with Crippen LogP contribution in [0.25, 0.3) is 0 Å². The van der Waals surface area contributed by atoms with Gasteiger partial charge in [0.2, 0.25) is 0 Å². The van der Waals surface area contributed by atoms with Gasteiger partial charge < -0.3 is 19.5 Å². The Morgan fingerprint density at radius 3 is 2.51 bits per heavy atom. The molecule has 0 amide bonds. The third-order valence-electron chi connectivity index (χ3n) is 6.70. The highest BCUT2D eigenvalue weighted by molar-refractivity contribution is 6.31. The molecule has 9 nitrogen and oxygen atoms in total. The van der Waals surface area contributed by atoms with Crippen molar-refractivity contribution >= 4 is 29.0 Å². The van der Waals surface area contributed by atoms with Crippen LogP contribution in [0.15, 0.2) is 58.9 Å². The van der Waals surface area contributed by atoms with Crippen LogP contribution < -0.4 is 14.8 Å². The molecule has 1 aliphatic heterocycles. The average Bonchev–Trinajstić information content (AvgIpc) is 2.87. The number of rotatable bonds is 7. The van der Waals surface area contributed by atoms with Crippen molar-refractivity contribution in [1.29, 1.82) is 0 Å². The summed E-state index contributed by atoms with van der Waals surface area (Å²) in [5, 5.41) is 15.0. The zero-order valence-electron chi connectivity index (χ0n) is 20.9. The minimum absolute atomic E-state index is 0.131. The van der Waals surface area contributed by atoms with Crippen molar-refractivity contribution < 1.29 is 28.7 Å². The molecule has 2 aromatic carbocycles. The van der Waals surface area contributed by atoms with Gasteiger partial charge in [0.05, 0.1) is 31.3 Å². The molecule has 0 spiro atoms. The molecule has 194 valence electrons. The maximum atomic E-state index is 13.7. The first-order chi connectivity index (χ1) is 17.7. The zero-order chi connectivity index (χ0) is 26.9. The molecular weight excluding hydrogens is 500 g/mol. The summed E-state index contributed by atoms with van der Waals surface area (Å²) in [5.74, 6) is -0.705. The second-order valence-corrected chi connectivity index (χ2v) is 9.22. The van der Waals surface area contributed by atoms with Crippen molar-refractivity contribution in [3.8, 4) is 11.5 Å². The number of ether oxygens (including phenoxy) is 3. The van der Waals surface area contributed by atoms with Crippen LogP contribution in [0.1, 0.15) is 49.7 Å². The summed E-state index contributed by atoms with van der Waals surface area (Å²) in [6.45, 7) is 3.54. The van der Waals surface area contributed by atoms with Crippen molar-refractivity contribution in [2.75, 3.05) is 20.8 Å². The minimum Gasteiger partial charge on any atom is -0.493 e. The average molecular weight is 527 g/mol. The van der Waals surface area contributed by atoms with Crippen LogP contribution in [0.3, 0.4) is 0 Å². The van der Waals surface area contributed by atoms with E-state index in [1.54, 1.807) is 34.1 Å². The summed E-state index contributed by atoms with van der Waals surface area (Å²) in [6, 6.07) is 9.57. The lowest BCUT2D eigenvalue weighted by atomic mass is 9.71. The largest absolute Gasteiger partial charge is 0.493 e. The van der Waals surface area contributed by atoms with E-state index in [1.165, 1.54) is 18.2 Å². The smallest absolute Gasteiger partial charge is 0.336 e. The number of carbonyl (C=O) groups is 2. The number of ketones is 1. The molecule has 2 atom stereocenters. The van der Waals surface area contributed by atoms with E-state index >= 15 is 0 Å². The predicted octanol–water partition coefficient (Wildman–Crippen LogP) is 5.19. The molecule has 0 unspecified atom stereocenters. The van der Waals surface area contributed by atoms with E-state index in [9.17, 15) is 19.7 Å². The number of carbonyl (C=O) groups excluding carboxylic acids is 2. The second-order valence-electron chi connectivity index (χ2n) is 8.82. The molecule has 0 fully saturated rings. The predicted molar refractivity (Wildman–Crippen MR) is 137 cm³/mol. The van der Waals surface area contributed by atoms with Gasteiger partial charge in [-0.1, -0.05) is 17.7 Å². The Morgan fingerprint density at radius 1 is 1.14 bits per heavy atom. The maximum absolute atomic E-state index is 13.7. The van der Waals surface area contributed by atoms with Gasteiger partial charge in [-0.05, 0) is 55.5 Å². The molecule has 1 N–H and O–H groups in total. The van der Waals surface area contributed by atoms with E-state index in [-0.39, 0.29) is 41.0 Å². The molecular formula is C27H27ClN2O7. The molecule has 37 heavy (non-hydrogen) atoms. The Hall–Kier alpha value is -3.85. The highest BCUT2D eigenvalue weighted by Gasteiger charge is 2.42. The summed E-state index contributed by atoms with van der Waals surface area (Å²) in [6.07, 6.45) is 0.654. The lowest BCUT2D eigenvalue weighted by Crippen LogP contribution is -2.36. The number of allylic oxidation sites excluding steroid dienone is 3. The first-order valence-electron chi connectivity index (χ1n) is 11.8. The van der Waals surface area contributed by atoms with E-state index in [0.717, 1.165) is 5.56 Å². The number of hydrogen-bond donors (Lipinski definition) is 1. The minimum atomic E-state index is -0.901. The quantitative estimate of drug-likeness (QED) is 0.297. The number of methoxy groups -OCH3 is 2. The highest BCUT2D eigenvalue weighted by Crippen LogP contribution is 2.48. The molecule has 4 rings (SSSR count). The fourth-order valence-corrected chi connectivity index (χ4v) is 5.26. The van der Waals surface area contributed by atoms with Gasteiger partial charge in [-0.2, -0.15) is 0 Å². The standard InChI is InChI=1S/C27H27ClN2O7/c1-5-37-27(32)24-14(2)29-20-10-16(15-6-9-22(35-3)23(12-15)36-4)11-21(31)26(20)25(24)18-13-17(30(33)34)7-8-19(18)28/h6-9,12-13,16,25,29H,5,10-11H2,1-4H3/t16-,25+/m0/s1. The summed E-state index contributed by atoms with van der Waals surface area (Å²) in [5.41, 5.74) is 2.76. The van der Waals surface area contributed by atoms with Crippen molar-refractivity contribution in [3.63, 3.8) is 0 Å². The molecule has 2 aromatic rings. The number of esters is 1. The van der Waals surface area contributed by atoms with E-state index < -0.39 is 16.8 Å². The van der Waals surface area contributed by atoms with Crippen molar-refractivity contribution in [2.45, 2.75) is 38.5 Å². The van der Waals surface area contributed by atoms with Crippen LogP contribution in [0, 0.1) is 10.1 Å². The number of nitrogens with zero attached hydrogens (tertiary/aromatic N) is 1. The molecule has 1 heterocycles. The molecule has 0 saturated carbocycles. The lowest BCUT2D eigenvalue weighted by molar-refractivity contribution is -0.384. The maximum Gasteiger partial charge on any atom is 0.336 e. The SMILES string of the molecule is CCOC(=O)C1=C(C)NC2=C(C(=O)C[C@@H](c3ccc(OC)c(OC)c3)C2)[C@@H]1c1cc([N+](=O)[O-])ccc1Cl. The molecule has 0 saturated heterocycles. The van der Waals surface area contributed by atoms with Crippen molar-refractivity contribution in [2.24, 2.45) is 0 Å². The third-order valence-corrected chi connectivity index (χ3v) is 7.05. The Labute approximate surface area is 219 Å². The van der Waals surface area contributed by atoms with E-state index in [1.807, 2.05) is 12.1 Å². The summed E-state index contributed by atoms with van der Waals surface area (Å²) < 4.78 is 16.1. The summed E-state index contributed by atoms with van der Waals surface area (Å²) in [4.78, 5) is 37.8. The number of nitro benzene ring substituents is 1. The molecule has 10 heteroatoms. The van der Waals surface area contributed by atoms with Gasteiger partial charge in [0.15, 0.2) is 17.3 Å². The summed E-state index contributed by atoms with van der Waals surface area (Å²) >= 11 is 6.52. The molecule has 2 aliphatic rings. The van der Waals surface area contributed by atoms with E-state index in [0.29, 0.717) is 40.5 Å². The fourth-order valence-electron chi connectivity index (χ4n) is 5.04. The second kappa shape index (κ2) is 10.6. The van der Waals surface area contributed by atoms with Crippen LogP contribution in [-0.4, -0.2) is 37.5 Å². The summed E-state index contributed by atoms with van der Waals surface area (Å²) in [7, 11) is 3.11. The van der Waals surface area contributed by atoms with Crippen molar-refractivity contribution in [3.05, 3.63) is 85.2 Å². The van der Waals surface area contributed by atoms with Gasteiger partial charge in [-0.15, -0.1) is 0 Å². The molecule has 0 bridgehead atoms. The normalized spacial score (nSPS) is 19.2. The van der Waals surface area contributed by atoms with Gasteiger partial charge >= 0.3 is 5.97 Å². The van der Waals surface area contributed by atoms with Gasteiger partial charge in [0.1, 0.15) is 0 Å². The van der Waals surface area contributed by atoms with Gasteiger partial charge in [-0.3, -0.25) is 14.9 Å². The fraction of sp³-hybridized carbons (Fsp3) is 0.333. The number of benzene rings is 2. The van der Waals surface area contributed by atoms with Crippen LogP contribution >= 0.6 is 11.6 Å². The topological polar surface area (TPSA) is 117 Å². The monoisotopic (exact) mass is 526 g/mol. The number of hydrogen-bond acceptors (Lipinski definition) is 8. The Morgan fingerprint density at radius 2 is 1.86 bits per heavy atom. The number of non-ortho nitro benzene ring substituents is 1. The van der Waals surface area contributed by atoms with Crippen LogP contribution in [-0.2, 0) is 14.3 Å². The van der Waals surface area contributed by atoms with Gasteiger partial charge in [0, 0.05) is 46.5 Å². The third kappa shape index (κ3) is 4.91. The first-order valence-corrected chi connectivity index (χ1v) is 12.1. The number of nitro groups is 1. The van der Waals surface area contributed by atoms with Gasteiger partial charge in [-0.25, -0.2) is 4.79 Å². The number of nitrogens with one attached hydrogen (secondary N) is 1. The Kier molecular flexibility index (Phi) is 7.54. The Balaban J connectivity index is 1.84. The molecule has 1 aliphatic carbocycles. The molecule has 0 aromatic heterocycles. The van der Waals surface area contributed by atoms with Crippen LogP contribution in [0.4, 0.5) is 5.69 Å². The van der Waals surface area contributed by atoms with Gasteiger partial charge in [0.25, 0.3) is 5.69 Å². The van der Waals surface area contributed by atoms with Crippen LogP contribution in [0.5, 0.6) is 11.5 Å². The highest BCUT2D eigenvalue weighted by atomic mass is 35.5. The number of halogens is 1. The molecule has 0 radical (unpaired) electrons. The van der Waals surface area contributed by atoms with Crippen molar-refractivity contribution in [1.82, 2.24) is 5.32 Å². The van der Waals surface area contributed by atoms with E-state index in [2.05, 4.69) is 5.32 Å². The lowest BCUT2D eigenvalue weighted by Gasteiger charge is -2.37. The van der Waals surface area contributed by atoms with Crippen LogP contribution in [0.2, 0.25) is 5.02 Å². The van der Waals surface area contributed by atoms with E-state index in [4.69, 9.17) is 25.8 Å². The number of dihydropyridines is 1.